The lowest BCUT2D eigenvalue weighted by Gasteiger charge is -2.04. The molecule has 30 heavy (non-hydrogen) atoms. The lowest BCUT2D eigenvalue weighted by Crippen LogP contribution is -2.09. The van der Waals surface area contributed by atoms with Crippen LogP contribution in [0.25, 0.3) is 17.2 Å². The summed E-state index contributed by atoms with van der Waals surface area (Å²) < 4.78 is 3.80. The van der Waals surface area contributed by atoms with Crippen LogP contribution in [0.2, 0.25) is 0 Å². The van der Waals surface area contributed by atoms with Gasteiger partial charge in [-0.15, -0.1) is 0 Å². The van der Waals surface area contributed by atoms with Crippen LogP contribution in [0.1, 0.15) is 5.56 Å². The number of anilines is 2. The highest BCUT2D eigenvalue weighted by molar-refractivity contribution is 7.97. The predicted molar refractivity (Wildman–Crippen MR) is 123 cm³/mol. The molecule has 0 aliphatic carbocycles. The highest BCUT2D eigenvalue weighted by atomic mass is 32.2. The molecule has 0 radical (unpaired) electrons. The van der Waals surface area contributed by atoms with E-state index in [1.807, 2.05) is 54.0 Å². The van der Waals surface area contributed by atoms with Gasteiger partial charge in [0.05, 0.1) is 17.6 Å². The van der Waals surface area contributed by atoms with Crippen LogP contribution < -0.4 is 11.1 Å². The molecule has 4 aromatic rings. The largest absolute Gasteiger partial charge is 0.397 e. The second-order valence-corrected chi connectivity index (χ2v) is 7.81. The highest BCUT2D eigenvalue weighted by Crippen LogP contribution is 2.25. The lowest BCUT2D eigenvalue weighted by molar-refractivity contribution is -0.111. The molecule has 2 aromatic heterocycles. The van der Waals surface area contributed by atoms with E-state index in [0.29, 0.717) is 11.4 Å². The molecule has 0 atom stereocenters. The number of para-hydroxylation sites is 2. The van der Waals surface area contributed by atoms with Crippen LogP contribution in [0.4, 0.5) is 11.4 Å². The smallest absolute Gasteiger partial charge is 0.248 e. The molecule has 0 saturated carbocycles. The van der Waals surface area contributed by atoms with Crippen molar-refractivity contribution in [1.29, 1.82) is 0 Å². The average molecular weight is 416 g/mol. The van der Waals surface area contributed by atoms with Crippen molar-refractivity contribution >= 4 is 35.3 Å². The van der Waals surface area contributed by atoms with Gasteiger partial charge in [0, 0.05) is 42.2 Å². The number of aromatic nitrogens is 3. The summed E-state index contributed by atoms with van der Waals surface area (Å²) in [5.74, 6) is -0.223. The molecule has 4 rings (SSSR count). The van der Waals surface area contributed by atoms with Crippen molar-refractivity contribution in [2.24, 2.45) is 7.05 Å². The van der Waals surface area contributed by atoms with Gasteiger partial charge in [-0.3, -0.25) is 13.4 Å². The van der Waals surface area contributed by atoms with Crippen molar-refractivity contribution in [3.63, 3.8) is 0 Å². The minimum atomic E-state index is -0.223. The minimum absolute atomic E-state index is 0.223. The van der Waals surface area contributed by atoms with Crippen molar-refractivity contribution in [3.8, 4) is 11.1 Å². The predicted octanol–water partition coefficient (Wildman–Crippen LogP) is 4.68. The SMILES string of the molecule is Cn1cc(-c2ccc(Sn3ccc(/C=C/C(=O)Nc4ccccc4N)c3)cc2)cn1. The number of hydrogen-bond donors (Lipinski definition) is 2. The van der Waals surface area contributed by atoms with Crippen LogP contribution in [0.5, 0.6) is 0 Å². The fourth-order valence-electron chi connectivity index (χ4n) is 2.91. The molecule has 3 N–H and O–H groups in total. The Kier molecular flexibility index (Phi) is 5.72. The first-order valence-electron chi connectivity index (χ1n) is 9.36. The molecule has 0 unspecified atom stereocenters. The number of benzene rings is 2. The molecule has 0 saturated heterocycles. The van der Waals surface area contributed by atoms with E-state index in [9.17, 15) is 4.79 Å². The molecule has 6 nitrogen and oxygen atoms in total. The number of rotatable bonds is 6. The van der Waals surface area contributed by atoms with Gasteiger partial charge < -0.3 is 11.1 Å². The molecule has 0 aliphatic rings. The maximum Gasteiger partial charge on any atom is 0.248 e. The monoisotopic (exact) mass is 415 g/mol. The number of nitrogen functional groups attached to an aromatic ring is 1. The second-order valence-electron chi connectivity index (χ2n) is 6.73. The number of amides is 1. The third-order valence-electron chi connectivity index (χ3n) is 4.44. The Morgan fingerprint density at radius 1 is 1.07 bits per heavy atom. The van der Waals surface area contributed by atoms with Crippen LogP contribution in [0.15, 0.2) is 90.4 Å². The molecule has 2 heterocycles. The summed E-state index contributed by atoms with van der Waals surface area (Å²) in [6, 6.07) is 17.5. The molecule has 1 amide bonds. The molecule has 0 aliphatic heterocycles. The normalized spacial score (nSPS) is 11.1. The number of carbonyl (C=O) groups excluding carboxylic acids is 1. The standard InChI is InChI=1S/C23H21N5OS/c1-27-16-19(14-25-27)18-7-9-20(10-8-18)30-28-13-12-17(15-28)6-11-23(29)26-22-5-3-2-4-21(22)24/h2-16H,24H2,1H3,(H,26,29)/b11-6+. The fourth-order valence-corrected chi connectivity index (χ4v) is 3.70. The van der Waals surface area contributed by atoms with Crippen molar-refractivity contribution < 1.29 is 4.79 Å². The molecule has 0 spiro atoms. The van der Waals surface area contributed by atoms with Gasteiger partial charge in [0.2, 0.25) is 5.91 Å². The maximum absolute atomic E-state index is 12.1. The van der Waals surface area contributed by atoms with Gasteiger partial charge in [0.25, 0.3) is 0 Å². The summed E-state index contributed by atoms with van der Waals surface area (Å²) in [4.78, 5) is 13.2. The molecule has 0 fully saturated rings. The Labute approximate surface area is 179 Å². The average Bonchev–Trinajstić information content (AvgIpc) is 3.38. The van der Waals surface area contributed by atoms with Crippen molar-refractivity contribution in [1.82, 2.24) is 13.8 Å². The van der Waals surface area contributed by atoms with E-state index in [0.717, 1.165) is 21.6 Å². The minimum Gasteiger partial charge on any atom is -0.397 e. The summed E-state index contributed by atoms with van der Waals surface area (Å²) in [6.07, 6.45) is 11.1. The third kappa shape index (κ3) is 4.82. The molecule has 7 heteroatoms. The van der Waals surface area contributed by atoms with E-state index in [1.54, 1.807) is 34.8 Å². The first kappa shape index (κ1) is 19.6. The molecular weight excluding hydrogens is 394 g/mol. The Bertz CT molecular complexity index is 1190. The van der Waals surface area contributed by atoms with Crippen LogP contribution >= 0.6 is 11.9 Å². The zero-order valence-corrected chi connectivity index (χ0v) is 17.2. The molecule has 0 bridgehead atoms. The van der Waals surface area contributed by atoms with Gasteiger partial charge in [-0.2, -0.15) is 5.10 Å². The molecular formula is C23H21N5OS. The van der Waals surface area contributed by atoms with Gasteiger partial charge >= 0.3 is 0 Å². The second kappa shape index (κ2) is 8.75. The van der Waals surface area contributed by atoms with E-state index in [1.165, 1.54) is 6.08 Å². The Morgan fingerprint density at radius 3 is 2.60 bits per heavy atom. The number of carbonyl (C=O) groups is 1. The van der Waals surface area contributed by atoms with Crippen molar-refractivity contribution in [3.05, 3.63) is 91.0 Å². The summed E-state index contributed by atoms with van der Waals surface area (Å²) >= 11 is 1.60. The van der Waals surface area contributed by atoms with Crippen molar-refractivity contribution in [2.75, 3.05) is 11.1 Å². The highest BCUT2D eigenvalue weighted by Gasteiger charge is 2.04. The summed E-state index contributed by atoms with van der Waals surface area (Å²) in [7, 11) is 1.91. The Hall–Kier alpha value is -3.71. The van der Waals surface area contributed by atoms with E-state index in [4.69, 9.17) is 5.73 Å². The van der Waals surface area contributed by atoms with Crippen LogP contribution in [0.3, 0.4) is 0 Å². The number of nitrogens with one attached hydrogen (secondary N) is 1. The van der Waals surface area contributed by atoms with Gasteiger partial charge in [-0.05, 0) is 59.5 Å². The van der Waals surface area contributed by atoms with E-state index >= 15 is 0 Å². The van der Waals surface area contributed by atoms with Gasteiger partial charge in [-0.25, -0.2) is 0 Å². The topological polar surface area (TPSA) is 77.9 Å². The number of hydrogen-bond acceptors (Lipinski definition) is 4. The first-order chi connectivity index (χ1) is 14.6. The third-order valence-corrected chi connectivity index (χ3v) is 5.36. The summed E-state index contributed by atoms with van der Waals surface area (Å²) in [5, 5.41) is 6.99. The van der Waals surface area contributed by atoms with E-state index in [2.05, 4.69) is 34.7 Å². The maximum atomic E-state index is 12.1. The van der Waals surface area contributed by atoms with Gasteiger partial charge in [0.15, 0.2) is 0 Å². The summed E-state index contributed by atoms with van der Waals surface area (Å²) in [6.45, 7) is 0. The van der Waals surface area contributed by atoms with Crippen LogP contribution in [-0.2, 0) is 11.8 Å². The van der Waals surface area contributed by atoms with E-state index in [-0.39, 0.29) is 5.91 Å². The number of nitrogens with zero attached hydrogens (tertiary/aromatic N) is 3. The van der Waals surface area contributed by atoms with Crippen molar-refractivity contribution in [2.45, 2.75) is 4.90 Å². The molecule has 2 aromatic carbocycles. The number of nitrogens with two attached hydrogens (primary N) is 1. The zero-order valence-electron chi connectivity index (χ0n) is 16.4. The van der Waals surface area contributed by atoms with Gasteiger partial charge in [0.1, 0.15) is 0 Å². The lowest BCUT2D eigenvalue weighted by atomic mass is 10.1. The fraction of sp³-hybridized carbons (Fsp3) is 0.0435. The Morgan fingerprint density at radius 2 is 1.87 bits per heavy atom. The van der Waals surface area contributed by atoms with Crippen LogP contribution in [-0.4, -0.2) is 19.7 Å². The van der Waals surface area contributed by atoms with Crippen LogP contribution in [0, 0.1) is 0 Å². The first-order valence-corrected chi connectivity index (χ1v) is 10.1. The molecule has 150 valence electrons. The number of aryl methyl sites for hydroxylation is 1. The quantitative estimate of drug-likeness (QED) is 0.354. The van der Waals surface area contributed by atoms with Gasteiger partial charge in [-0.1, -0.05) is 24.3 Å². The summed E-state index contributed by atoms with van der Waals surface area (Å²) in [5.41, 5.74) is 10.2. The van der Waals surface area contributed by atoms with E-state index < -0.39 is 0 Å². The Balaban J connectivity index is 1.36. The zero-order chi connectivity index (χ0) is 20.9.